The van der Waals surface area contributed by atoms with Crippen LogP contribution in [-0.4, -0.2) is 25.0 Å². The first-order valence-corrected chi connectivity index (χ1v) is 6.61. The molecular weight excluding hydrogens is 272 g/mol. The Morgan fingerprint density at radius 2 is 2.24 bits per heavy atom. The van der Waals surface area contributed by atoms with Gasteiger partial charge in [0.05, 0.1) is 12.0 Å². The van der Waals surface area contributed by atoms with Crippen molar-refractivity contribution in [3.05, 3.63) is 42.4 Å². The maximum absolute atomic E-state index is 11.9. The molecule has 108 valence electrons. The maximum atomic E-state index is 11.9. The number of likely N-dealkylation sites (N-methyl/N-ethyl adjacent to an activating group) is 1. The van der Waals surface area contributed by atoms with Crippen molar-refractivity contribution in [1.29, 1.82) is 0 Å². The number of nitrogens with one attached hydrogen (secondary N) is 1. The van der Waals surface area contributed by atoms with E-state index >= 15 is 0 Å². The molecule has 2 heterocycles. The highest BCUT2D eigenvalue weighted by atomic mass is 16.5. The largest absolute Gasteiger partial charge is 0.481 e. The highest BCUT2D eigenvalue weighted by Gasteiger charge is 2.24. The molecule has 3 rings (SSSR count). The van der Waals surface area contributed by atoms with Crippen LogP contribution in [0.3, 0.4) is 0 Å². The van der Waals surface area contributed by atoms with Crippen LogP contribution in [0, 0.1) is 0 Å². The summed E-state index contributed by atoms with van der Waals surface area (Å²) in [5.41, 5.74) is 1.30. The van der Waals surface area contributed by atoms with E-state index in [1.807, 2.05) is 6.92 Å². The molecule has 0 unspecified atom stereocenters. The second-order valence-corrected chi connectivity index (χ2v) is 4.54. The SMILES string of the molecule is CCN1C(=O)COc2cc(NC(=O)c3ccco3)ccc21. The fraction of sp³-hybridized carbons (Fsp3) is 0.200. The Bertz CT molecular complexity index is 679. The number of carbonyl (C=O) groups is 2. The average molecular weight is 286 g/mol. The Kier molecular flexibility index (Phi) is 3.35. The molecule has 1 aliphatic rings. The zero-order chi connectivity index (χ0) is 14.8. The summed E-state index contributed by atoms with van der Waals surface area (Å²) in [4.78, 5) is 25.3. The van der Waals surface area contributed by atoms with Crippen LogP contribution in [0.2, 0.25) is 0 Å². The van der Waals surface area contributed by atoms with Gasteiger partial charge in [-0.15, -0.1) is 0 Å². The first-order valence-electron chi connectivity index (χ1n) is 6.61. The molecule has 0 radical (unpaired) electrons. The lowest BCUT2D eigenvalue weighted by atomic mass is 10.2. The molecule has 1 N–H and O–H groups in total. The van der Waals surface area contributed by atoms with Crippen LogP contribution >= 0.6 is 0 Å². The third-order valence-electron chi connectivity index (χ3n) is 3.22. The van der Waals surface area contributed by atoms with Crippen molar-refractivity contribution in [2.75, 3.05) is 23.4 Å². The van der Waals surface area contributed by atoms with E-state index < -0.39 is 0 Å². The van der Waals surface area contributed by atoms with Crippen molar-refractivity contribution in [3.63, 3.8) is 0 Å². The van der Waals surface area contributed by atoms with Crippen LogP contribution in [0.4, 0.5) is 11.4 Å². The highest BCUT2D eigenvalue weighted by Crippen LogP contribution is 2.34. The number of carbonyl (C=O) groups excluding carboxylic acids is 2. The van der Waals surface area contributed by atoms with Crippen molar-refractivity contribution in [2.45, 2.75) is 6.92 Å². The van der Waals surface area contributed by atoms with Gasteiger partial charge in [0.15, 0.2) is 12.4 Å². The van der Waals surface area contributed by atoms with Gasteiger partial charge < -0.3 is 19.4 Å². The van der Waals surface area contributed by atoms with Crippen molar-refractivity contribution in [2.24, 2.45) is 0 Å². The number of amides is 2. The number of hydrogen-bond acceptors (Lipinski definition) is 4. The summed E-state index contributed by atoms with van der Waals surface area (Å²) in [5.74, 6) is 0.407. The second kappa shape index (κ2) is 5.32. The Morgan fingerprint density at radius 3 is 2.95 bits per heavy atom. The summed E-state index contributed by atoms with van der Waals surface area (Å²) in [6.07, 6.45) is 1.44. The third kappa shape index (κ3) is 2.47. The molecule has 21 heavy (non-hydrogen) atoms. The fourth-order valence-corrected chi connectivity index (χ4v) is 2.23. The number of nitrogens with zero attached hydrogens (tertiary/aromatic N) is 1. The highest BCUT2D eigenvalue weighted by molar-refractivity contribution is 6.03. The number of rotatable bonds is 3. The molecule has 0 bridgehead atoms. The number of furan rings is 1. The van der Waals surface area contributed by atoms with E-state index in [1.54, 1.807) is 35.2 Å². The molecule has 1 aromatic heterocycles. The Hall–Kier alpha value is -2.76. The molecule has 2 amide bonds. The monoisotopic (exact) mass is 286 g/mol. The van der Waals surface area contributed by atoms with E-state index in [1.165, 1.54) is 6.26 Å². The first kappa shape index (κ1) is 13.2. The molecular formula is C15H14N2O4. The number of anilines is 2. The van der Waals surface area contributed by atoms with E-state index in [-0.39, 0.29) is 24.2 Å². The molecule has 0 saturated heterocycles. The minimum Gasteiger partial charge on any atom is -0.481 e. The van der Waals surface area contributed by atoms with Gasteiger partial charge in [0.25, 0.3) is 11.8 Å². The lowest BCUT2D eigenvalue weighted by molar-refractivity contribution is -0.121. The van der Waals surface area contributed by atoms with Gasteiger partial charge in [-0.25, -0.2) is 0 Å². The van der Waals surface area contributed by atoms with Crippen molar-refractivity contribution in [1.82, 2.24) is 0 Å². The van der Waals surface area contributed by atoms with Crippen LogP contribution in [0.1, 0.15) is 17.5 Å². The number of ether oxygens (including phenoxy) is 1. The van der Waals surface area contributed by atoms with E-state index in [2.05, 4.69) is 5.32 Å². The van der Waals surface area contributed by atoms with E-state index in [4.69, 9.17) is 9.15 Å². The quantitative estimate of drug-likeness (QED) is 0.939. The van der Waals surface area contributed by atoms with Gasteiger partial charge in [-0.05, 0) is 31.2 Å². The lowest BCUT2D eigenvalue weighted by Crippen LogP contribution is -2.38. The van der Waals surface area contributed by atoms with Crippen molar-refractivity contribution < 1.29 is 18.7 Å². The van der Waals surface area contributed by atoms with Gasteiger partial charge in [-0.1, -0.05) is 0 Å². The molecule has 6 heteroatoms. The second-order valence-electron chi connectivity index (χ2n) is 4.54. The smallest absolute Gasteiger partial charge is 0.291 e. The van der Waals surface area contributed by atoms with Gasteiger partial charge >= 0.3 is 0 Å². The standard InChI is InChI=1S/C15H14N2O4/c1-2-17-11-6-5-10(8-13(11)21-9-14(17)18)16-15(19)12-4-3-7-20-12/h3-8H,2,9H2,1H3,(H,16,19). The van der Waals surface area contributed by atoms with Crippen LogP contribution in [0.15, 0.2) is 41.0 Å². The van der Waals surface area contributed by atoms with Crippen molar-refractivity contribution in [3.8, 4) is 5.75 Å². The summed E-state index contributed by atoms with van der Waals surface area (Å²) in [6.45, 7) is 2.49. The van der Waals surface area contributed by atoms with Crippen LogP contribution < -0.4 is 15.0 Å². The molecule has 0 fully saturated rings. The number of fused-ring (bicyclic) bond motifs is 1. The van der Waals surface area contributed by atoms with Gasteiger partial charge in [0, 0.05) is 18.3 Å². The molecule has 0 spiro atoms. The minimum absolute atomic E-state index is 0.0103. The summed E-state index contributed by atoms with van der Waals surface area (Å²) in [6, 6.07) is 8.42. The Balaban J connectivity index is 1.83. The zero-order valence-electron chi connectivity index (χ0n) is 11.5. The minimum atomic E-state index is -0.334. The van der Waals surface area contributed by atoms with E-state index in [0.717, 1.165) is 0 Å². The molecule has 1 aliphatic heterocycles. The molecule has 0 aliphatic carbocycles. The topological polar surface area (TPSA) is 71.8 Å². The summed E-state index contributed by atoms with van der Waals surface area (Å²) < 4.78 is 10.4. The predicted octanol–water partition coefficient (Wildman–Crippen LogP) is 2.28. The summed E-state index contributed by atoms with van der Waals surface area (Å²) in [5, 5.41) is 2.72. The van der Waals surface area contributed by atoms with Gasteiger partial charge in [0.1, 0.15) is 5.75 Å². The number of hydrogen-bond donors (Lipinski definition) is 1. The van der Waals surface area contributed by atoms with E-state index in [0.29, 0.717) is 23.7 Å². The van der Waals surface area contributed by atoms with E-state index in [9.17, 15) is 9.59 Å². The number of benzene rings is 1. The van der Waals surface area contributed by atoms with Crippen LogP contribution in [-0.2, 0) is 4.79 Å². The molecule has 2 aromatic rings. The lowest BCUT2D eigenvalue weighted by Gasteiger charge is -2.28. The van der Waals surface area contributed by atoms with Gasteiger partial charge in [-0.2, -0.15) is 0 Å². The third-order valence-corrected chi connectivity index (χ3v) is 3.22. The van der Waals surface area contributed by atoms with Crippen LogP contribution in [0.25, 0.3) is 0 Å². The zero-order valence-corrected chi connectivity index (χ0v) is 11.5. The fourth-order valence-electron chi connectivity index (χ4n) is 2.23. The molecule has 6 nitrogen and oxygen atoms in total. The Labute approximate surface area is 121 Å². The Morgan fingerprint density at radius 1 is 1.38 bits per heavy atom. The summed E-state index contributed by atoms with van der Waals surface area (Å²) in [7, 11) is 0. The summed E-state index contributed by atoms with van der Waals surface area (Å²) >= 11 is 0. The molecule has 0 saturated carbocycles. The molecule has 1 aromatic carbocycles. The van der Waals surface area contributed by atoms with Crippen molar-refractivity contribution >= 4 is 23.2 Å². The molecule has 0 atom stereocenters. The van der Waals surface area contributed by atoms with Gasteiger partial charge in [-0.3, -0.25) is 9.59 Å². The average Bonchev–Trinajstić information content (AvgIpc) is 3.02. The van der Waals surface area contributed by atoms with Crippen LogP contribution in [0.5, 0.6) is 5.75 Å². The first-order chi connectivity index (χ1) is 10.2. The van der Waals surface area contributed by atoms with Gasteiger partial charge in [0.2, 0.25) is 0 Å². The maximum Gasteiger partial charge on any atom is 0.291 e. The normalized spacial score (nSPS) is 13.6. The predicted molar refractivity (Wildman–Crippen MR) is 76.6 cm³/mol.